The monoisotopic (exact) mass is 415 g/mol. The minimum absolute atomic E-state index is 0.116. The van der Waals surface area contributed by atoms with Crippen LogP contribution in [0.3, 0.4) is 0 Å². The Morgan fingerprint density at radius 3 is 2.71 bits per heavy atom. The second-order valence-electron chi connectivity index (χ2n) is 4.16. The molecule has 0 spiro atoms. The molecule has 2 aromatic rings. The molecule has 1 amide bonds. The predicted molar refractivity (Wildman–Crippen MR) is 88.2 cm³/mol. The molecule has 0 radical (unpaired) electrons. The number of anilines is 2. The molecule has 0 aliphatic heterocycles. The first-order valence-electron chi connectivity index (χ1n) is 6.17. The van der Waals surface area contributed by atoms with E-state index in [0.717, 1.165) is 0 Å². The van der Waals surface area contributed by atoms with Gasteiger partial charge in [0.05, 0.1) is 11.3 Å². The number of hydrogen-bond donors (Lipinski definition) is 2. The summed E-state index contributed by atoms with van der Waals surface area (Å²) in [6, 6.07) is 6.08. The van der Waals surface area contributed by atoms with Gasteiger partial charge in [-0.3, -0.25) is 4.79 Å². The Morgan fingerprint density at radius 1 is 1.29 bits per heavy atom. The molecule has 0 saturated carbocycles. The van der Waals surface area contributed by atoms with E-state index in [2.05, 4.69) is 47.5 Å². The van der Waals surface area contributed by atoms with Crippen molar-refractivity contribution in [2.45, 2.75) is 6.92 Å². The van der Waals surface area contributed by atoms with Gasteiger partial charge in [-0.25, -0.2) is 9.37 Å². The van der Waals surface area contributed by atoms with Crippen LogP contribution in [0.25, 0.3) is 0 Å². The molecule has 2 N–H and O–H groups in total. The molecule has 21 heavy (non-hydrogen) atoms. The van der Waals surface area contributed by atoms with Crippen molar-refractivity contribution >= 4 is 49.3 Å². The molecule has 0 atom stereocenters. The maximum absolute atomic E-state index is 13.8. The van der Waals surface area contributed by atoms with Crippen LogP contribution in [0.1, 0.15) is 17.3 Å². The van der Waals surface area contributed by atoms with Crippen LogP contribution in [-0.4, -0.2) is 17.4 Å². The summed E-state index contributed by atoms with van der Waals surface area (Å²) in [7, 11) is 0. The third-order valence-electron chi connectivity index (χ3n) is 2.62. The summed E-state index contributed by atoms with van der Waals surface area (Å²) >= 11 is 6.44. The standard InChI is InChI=1S/C14H12Br2FN3O/c1-2-18-13-10(5-9(16)7-19-13)14(21)20-12-4-3-8(15)6-11(12)17/h3-7H,2H2,1H3,(H,18,19)(H,20,21). The average molecular weight is 417 g/mol. The summed E-state index contributed by atoms with van der Waals surface area (Å²) < 4.78 is 15.0. The smallest absolute Gasteiger partial charge is 0.259 e. The summed E-state index contributed by atoms with van der Waals surface area (Å²) in [5.74, 6) is -0.484. The molecule has 110 valence electrons. The Hall–Kier alpha value is -1.47. The third kappa shape index (κ3) is 4.01. The third-order valence-corrected chi connectivity index (χ3v) is 3.55. The second kappa shape index (κ2) is 7.00. The fraction of sp³-hybridized carbons (Fsp3) is 0.143. The van der Waals surface area contributed by atoms with Gasteiger partial charge in [-0.15, -0.1) is 0 Å². The Bertz CT molecular complexity index is 679. The number of nitrogens with one attached hydrogen (secondary N) is 2. The number of halogens is 3. The largest absolute Gasteiger partial charge is 0.370 e. The van der Waals surface area contributed by atoms with E-state index in [-0.39, 0.29) is 5.69 Å². The van der Waals surface area contributed by atoms with Crippen LogP contribution >= 0.6 is 31.9 Å². The second-order valence-corrected chi connectivity index (χ2v) is 5.99. The molecule has 1 heterocycles. The summed E-state index contributed by atoms with van der Waals surface area (Å²) in [4.78, 5) is 16.5. The van der Waals surface area contributed by atoms with E-state index >= 15 is 0 Å². The number of rotatable bonds is 4. The van der Waals surface area contributed by atoms with E-state index in [9.17, 15) is 9.18 Å². The van der Waals surface area contributed by atoms with Crippen LogP contribution in [0.5, 0.6) is 0 Å². The van der Waals surface area contributed by atoms with Gasteiger partial charge >= 0.3 is 0 Å². The summed E-state index contributed by atoms with van der Waals surface area (Å²) in [6.45, 7) is 2.53. The zero-order chi connectivity index (χ0) is 15.4. The topological polar surface area (TPSA) is 54.0 Å². The summed E-state index contributed by atoms with van der Waals surface area (Å²) in [6.07, 6.45) is 1.59. The van der Waals surface area contributed by atoms with Crippen LogP contribution in [0.2, 0.25) is 0 Å². The highest BCUT2D eigenvalue weighted by Crippen LogP contribution is 2.22. The van der Waals surface area contributed by atoms with E-state index < -0.39 is 11.7 Å². The molecule has 0 bridgehead atoms. The van der Waals surface area contributed by atoms with Gasteiger partial charge in [0.15, 0.2) is 0 Å². The first-order valence-corrected chi connectivity index (χ1v) is 7.75. The molecule has 0 aliphatic carbocycles. The van der Waals surface area contributed by atoms with Crippen molar-refractivity contribution in [2.24, 2.45) is 0 Å². The van der Waals surface area contributed by atoms with E-state index in [1.807, 2.05) is 6.92 Å². The number of amides is 1. The number of hydrogen-bond acceptors (Lipinski definition) is 3. The molecule has 0 saturated heterocycles. The van der Waals surface area contributed by atoms with Crippen molar-refractivity contribution in [3.05, 3.63) is 50.8 Å². The van der Waals surface area contributed by atoms with Gasteiger partial charge in [-0.1, -0.05) is 15.9 Å². The Kier molecular flexibility index (Phi) is 5.30. The molecule has 1 aromatic carbocycles. The van der Waals surface area contributed by atoms with E-state index in [1.54, 1.807) is 18.3 Å². The van der Waals surface area contributed by atoms with Crippen LogP contribution in [0.4, 0.5) is 15.9 Å². The van der Waals surface area contributed by atoms with Crippen molar-refractivity contribution < 1.29 is 9.18 Å². The zero-order valence-corrected chi connectivity index (χ0v) is 14.3. The normalized spacial score (nSPS) is 10.3. The van der Waals surface area contributed by atoms with Gasteiger partial charge in [0, 0.05) is 21.7 Å². The first kappa shape index (κ1) is 15.9. The van der Waals surface area contributed by atoms with Crippen molar-refractivity contribution in [1.29, 1.82) is 0 Å². The van der Waals surface area contributed by atoms with E-state index in [4.69, 9.17) is 0 Å². The Balaban J connectivity index is 2.29. The molecular formula is C14H12Br2FN3O. The maximum Gasteiger partial charge on any atom is 0.259 e. The quantitative estimate of drug-likeness (QED) is 0.775. The van der Waals surface area contributed by atoms with Crippen molar-refractivity contribution in [1.82, 2.24) is 4.98 Å². The van der Waals surface area contributed by atoms with Gasteiger partial charge in [0.1, 0.15) is 11.6 Å². The molecule has 2 rings (SSSR count). The summed E-state index contributed by atoms with van der Waals surface area (Å²) in [5.41, 5.74) is 0.458. The lowest BCUT2D eigenvalue weighted by atomic mass is 10.2. The van der Waals surface area contributed by atoms with Crippen molar-refractivity contribution in [3.63, 3.8) is 0 Å². The lowest BCUT2D eigenvalue weighted by Gasteiger charge is -2.11. The predicted octanol–water partition coefficient (Wildman–Crippen LogP) is 4.43. The molecule has 0 unspecified atom stereocenters. The number of carbonyl (C=O) groups excluding carboxylic acids is 1. The van der Waals surface area contributed by atoms with Gasteiger partial charge in [-0.2, -0.15) is 0 Å². The highest BCUT2D eigenvalue weighted by molar-refractivity contribution is 9.10. The van der Waals surface area contributed by atoms with Gasteiger partial charge < -0.3 is 10.6 Å². The van der Waals surface area contributed by atoms with Crippen molar-refractivity contribution in [2.75, 3.05) is 17.2 Å². The number of carbonyl (C=O) groups is 1. The number of aromatic nitrogens is 1. The van der Waals surface area contributed by atoms with Crippen LogP contribution < -0.4 is 10.6 Å². The lowest BCUT2D eigenvalue weighted by molar-refractivity contribution is 0.102. The van der Waals surface area contributed by atoms with Crippen LogP contribution in [0, 0.1) is 5.82 Å². The fourth-order valence-corrected chi connectivity index (χ4v) is 2.37. The highest BCUT2D eigenvalue weighted by Gasteiger charge is 2.15. The average Bonchev–Trinajstić information content (AvgIpc) is 2.44. The molecular weight excluding hydrogens is 405 g/mol. The maximum atomic E-state index is 13.8. The fourth-order valence-electron chi connectivity index (χ4n) is 1.70. The molecule has 4 nitrogen and oxygen atoms in total. The Morgan fingerprint density at radius 2 is 2.05 bits per heavy atom. The molecule has 0 aliphatic rings. The molecule has 1 aromatic heterocycles. The zero-order valence-electron chi connectivity index (χ0n) is 11.1. The number of nitrogens with zero attached hydrogens (tertiary/aromatic N) is 1. The lowest BCUT2D eigenvalue weighted by Crippen LogP contribution is -2.16. The first-order chi connectivity index (χ1) is 10.0. The van der Waals surface area contributed by atoms with Gasteiger partial charge in [-0.05, 0) is 47.1 Å². The van der Waals surface area contributed by atoms with Gasteiger partial charge in [0.2, 0.25) is 0 Å². The Labute approximate surface area is 138 Å². The SMILES string of the molecule is CCNc1ncc(Br)cc1C(=O)Nc1ccc(Br)cc1F. The molecule has 7 heteroatoms. The summed E-state index contributed by atoms with van der Waals surface area (Å²) in [5, 5.41) is 5.54. The van der Waals surface area contributed by atoms with E-state index in [0.29, 0.717) is 26.9 Å². The van der Waals surface area contributed by atoms with Crippen molar-refractivity contribution in [3.8, 4) is 0 Å². The molecule has 0 fully saturated rings. The minimum atomic E-state index is -0.509. The van der Waals surface area contributed by atoms with Gasteiger partial charge in [0.25, 0.3) is 5.91 Å². The van der Waals surface area contributed by atoms with E-state index in [1.165, 1.54) is 12.1 Å². The van der Waals surface area contributed by atoms with Crippen LogP contribution in [-0.2, 0) is 0 Å². The number of pyridine rings is 1. The minimum Gasteiger partial charge on any atom is -0.370 e. The van der Waals surface area contributed by atoms with Crippen LogP contribution in [0.15, 0.2) is 39.4 Å². The number of benzene rings is 1. The highest BCUT2D eigenvalue weighted by atomic mass is 79.9.